The molecular weight excluding hydrogens is 345 g/mol. The van der Waals surface area contributed by atoms with E-state index in [0.29, 0.717) is 35.9 Å². The first kappa shape index (κ1) is 16.1. The lowest BCUT2D eigenvalue weighted by molar-refractivity contribution is 0.101. The normalized spacial score (nSPS) is 17.8. The molecule has 4 rings (SSSR count). The van der Waals surface area contributed by atoms with Crippen LogP contribution in [0.2, 0.25) is 5.02 Å². The van der Waals surface area contributed by atoms with Crippen LogP contribution in [0, 0.1) is 5.82 Å². The number of benzene rings is 1. The van der Waals surface area contributed by atoms with Gasteiger partial charge in [0.2, 0.25) is 0 Å². The van der Waals surface area contributed by atoms with Gasteiger partial charge in [0.25, 0.3) is 5.91 Å². The van der Waals surface area contributed by atoms with Gasteiger partial charge in [-0.3, -0.25) is 4.79 Å². The molecule has 1 aromatic carbocycles. The smallest absolute Gasteiger partial charge is 0.272 e. The number of carbonyl (C=O) groups is 1. The molecule has 1 heterocycles. The average molecular weight is 362 g/mol. The van der Waals surface area contributed by atoms with Crippen molar-refractivity contribution in [1.29, 1.82) is 0 Å². The van der Waals surface area contributed by atoms with Gasteiger partial charge in [0, 0.05) is 24.0 Å². The van der Waals surface area contributed by atoms with Crippen molar-refractivity contribution in [2.45, 2.75) is 31.6 Å². The molecule has 2 N–H and O–H groups in total. The standard InChI is InChI=1S/C18H17ClFN3O2/c1-23-16(9-2-3-9)15-11(5-7-14(15)22-25)17(23)18(24)21-10-4-6-13(20)12(19)8-10/h4,6,8-9,25H,2-3,5,7H2,1H3,(H,21,24)/b22-14+. The molecule has 0 saturated heterocycles. The van der Waals surface area contributed by atoms with Gasteiger partial charge in [-0.05, 0) is 55.4 Å². The van der Waals surface area contributed by atoms with Crippen LogP contribution in [0.4, 0.5) is 10.1 Å². The van der Waals surface area contributed by atoms with Crippen LogP contribution in [0.5, 0.6) is 0 Å². The Morgan fingerprint density at radius 2 is 2.16 bits per heavy atom. The zero-order valence-electron chi connectivity index (χ0n) is 13.6. The summed E-state index contributed by atoms with van der Waals surface area (Å²) in [7, 11) is 1.87. The number of fused-ring (bicyclic) bond motifs is 1. The molecular formula is C18H17ClFN3O2. The molecule has 0 unspecified atom stereocenters. The average Bonchev–Trinajstić information content (AvgIpc) is 3.26. The van der Waals surface area contributed by atoms with Gasteiger partial charge in [-0.25, -0.2) is 4.39 Å². The minimum absolute atomic E-state index is 0.0386. The number of nitrogens with zero attached hydrogens (tertiary/aromatic N) is 2. The van der Waals surface area contributed by atoms with E-state index in [1.165, 1.54) is 18.2 Å². The second-order valence-corrected chi connectivity index (χ2v) is 6.96. The Kier molecular flexibility index (Phi) is 3.80. The van der Waals surface area contributed by atoms with Gasteiger partial charge < -0.3 is 15.1 Å². The molecule has 1 fully saturated rings. The van der Waals surface area contributed by atoms with E-state index in [-0.39, 0.29) is 10.9 Å². The number of carbonyl (C=O) groups excluding carboxylic acids is 1. The number of hydrogen-bond acceptors (Lipinski definition) is 3. The summed E-state index contributed by atoms with van der Waals surface area (Å²) < 4.78 is 15.2. The number of rotatable bonds is 3. The van der Waals surface area contributed by atoms with E-state index in [1.54, 1.807) is 0 Å². The maximum atomic E-state index is 13.3. The molecule has 7 heteroatoms. The SMILES string of the molecule is Cn1c(C(=O)Nc2ccc(F)c(Cl)c2)c2c(c1C1CC1)/C(=N/O)CC2. The number of amides is 1. The van der Waals surface area contributed by atoms with Crippen molar-refractivity contribution in [1.82, 2.24) is 4.57 Å². The minimum Gasteiger partial charge on any atom is -0.411 e. The summed E-state index contributed by atoms with van der Waals surface area (Å²) >= 11 is 5.79. The molecule has 0 bridgehead atoms. The van der Waals surface area contributed by atoms with Crippen molar-refractivity contribution in [2.75, 3.05) is 5.32 Å². The van der Waals surface area contributed by atoms with E-state index in [9.17, 15) is 14.4 Å². The Bertz CT molecular complexity index is 916. The first-order chi connectivity index (χ1) is 12.0. The summed E-state index contributed by atoms with van der Waals surface area (Å²) in [6.07, 6.45) is 3.46. The van der Waals surface area contributed by atoms with Crippen LogP contribution in [-0.2, 0) is 13.5 Å². The van der Waals surface area contributed by atoms with E-state index in [0.717, 1.165) is 29.7 Å². The van der Waals surface area contributed by atoms with Gasteiger partial charge >= 0.3 is 0 Å². The predicted octanol–water partition coefficient (Wildman–Crippen LogP) is 4.07. The number of aromatic nitrogens is 1. The van der Waals surface area contributed by atoms with Crippen LogP contribution in [-0.4, -0.2) is 21.4 Å². The summed E-state index contributed by atoms with van der Waals surface area (Å²) in [5, 5.41) is 15.5. The zero-order chi connectivity index (χ0) is 17.7. The molecule has 1 aromatic heterocycles. The third kappa shape index (κ3) is 2.61. The molecule has 0 atom stereocenters. The number of nitrogens with one attached hydrogen (secondary N) is 1. The van der Waals surface area contributed by atoms with Gasteiger partial charge in [-0.15, -0.1) is 0 Å². The van der Waals surface area contributed by atoms with Crippen molar-refractivity contribution in [3.05, 3.63) is 51.6 Å². The number of oxime groups is 1. The van der Waals surface area contributed by atoms with Crippen molar-refractivity contribution in [3.63, 3.8) is 0 Å². The fourth-order valence-corrected chi connectivity index (χ4v) is 3.87. The Morgan fingerprint density at radius 3 is 2.80 bits per heavy atom. The molecule has 5 nitrogen and oxygen atoms in total. The van der Waals surface area contributed by atoms with Gasteiger partial charge in [0.15, 0.2) is 0 Å². The lowest BCUT2D eigenvalue weighted by Gasteiger charge is -2.11. The summed E-state index contributed by atoms with van der Waals surface area (Å²) in [5.41, 5.74) is 4.57. The van der Waals surface area contributed by atoms with Crippen molar-refractivity contribution in [3.8, 4) is 0 Å². The number of halogens is 2. The first-order valence-corrected chi connectivity index (χ1v) is 8.58. The third-order valence-corrected chi connectivity index (χ3v) is 5.21. The Morgan fingerprint density at radius 1 is 1.40 bits per heavy atom. The zero-order valence-corrected chi connectivity index (χ0v) is 14.4. The van der Waals surface area contributed by atoms with Crippen LogP contribution < -0.4 is 5.32 Å². The van der Waals surface area contributed by atoms with Crippen LogP contribution in [0.1, 0.15) is 52.5 Å². The van der Waals surface area contributed by atoms with E-state index in [4.69, 9.17) is 11.6 Å². The number of anilines is 1. The molecule has 0 aliphatic heterocycles. The third-order valence-electron chi connectivity index (χ3n) is 4.92. The van der Waals surface area contributed by atoms with Crippen LogP contribution >= 0.6 is 11.6 Å². The monoisotopic (exact) mass is 361 g/mol. The largest absolute Gasteiger partial charge is 0.411 e. The van der Waals surface area contributed by atoms with Crippen molar-refractivity contribution < 1.29 is 14.4 Å². The van der Waals surface area contributed by atoms with E-state index >= 15 is 0 Å². The highest BCUT2D eigenvalue weighted by atomic mass is 35.5. The summed E-state index contributed by atoms with van der Waals surface area (Å²) in [6.45, 7) is 0. The van der Waals surface area contributed by atoms with E-state index in [1.807, 2.05) is 11.6 Å². The molecule has 2 aliphatic carbocycles. The fourth-order valence-electron chi connectivity index (χ4n) is 3.69. The molecule has 130 valence electrons. The maximum Gasteiger partial charge on any atom is 0.272 e. The maximum absolute atomic E-state index is 13.3. The molecule has 1 amide bonds. The minimum atomic E-state index is -0.528. The van der Waals surface area contributed by atoms with Gasteiger partial charge in [-0.2, -0.15) is 0 Å². The van der Waals surface area contributed by atoms with Crippen LogP contribution in [0.25, 0.3) is 0 Å². The number of hydrogen-bond donors (Lipinski definition) is 2. The Hall–Kier alpha value is -2.34. The fraction of sp³-hybridized carbons (Fsp3) is 0.333. The van der Waals surface area contributed by atoms with Crippen LogP contribution in [0.15, 0.2) is 23.4 Å². The van der Waals surface area contributed by atoms with E-state index < -0.39 is 5.82 Å². The summed E-state index contributed by atoms with van der Waals surface area (Å²) in [6, 6.07) is 4.09. The first-order valence-electron chi connectivity index (χ1n) is 8.20. The van der Waals surface area contributed by atoms with Gasteiger partial charge in [-0.1, -0.05) is 16.8 Å². The molecule has 2 aliphatic rings. The molecule has 25 heavy (non-hydrogen) atoms. The topological polar surface area (TPSA) is 66.6 Å². The van der Waals surface area contributed by atoms with Crippen molar-refractivity contribution >= 4 is 28.9 Å². The highest BCUT2D eigenvalue weighted by molar-refractivity contribution is 6.31. The van der Waals surface area contributed by atoms with Crippen molar-refractivity contribution in [2.24, 2.45) is 12.2 Å². The Labute approximate surface area is 149 Å². The summed E-state index contributed by atoms with van der Waals surface area (Å²) in [4.78, 5) is 12.9. The van der Waals surface area contributed by atoms with Gasteiger partial charge in [0.1, 0.15) is 11.5 Å². The second kappa shape index (κ2) is 5.88. The molecule has 2 aromatic rings. The summed E-state index contributed by atoms with van der Waals surface area (Å²) in [5.74, 6) is -0.387. The van der Waals surface area contributed by atoms with Crippen LogP contribution in [0.3, 0.4) is 0 Å². The lowest BCUT2D eigenvalue weighted by Crippen LogP contribution is -2.18. The van der Waals surface area contributed by atoms with E-state index in [2.05, 4.69) is 10.5 Å². The second-order valence-electron chi connectivity index (χ2n) is 6.55. The molecule has 1 saturated carbocycles. The molecule has 0 radical (unpaired) electrons. The highest BCUT2D eigenvalue weighted by Gasteiger charge is 2.38. The lowest BCUT2D eigenvalue weighted by atomic mass is 10.1. The highest BCUT2D eigenvalue weighted by Crippen LogP contribution is 2.46. The molecule has 0 spiro atoms. The quantitative estimate of drug-likeness (QED) is 0.639. The predicted molar refractivity (Wildman–Crippen MR) is 93.4 cm³/mol. The van der Waals surface area contributed by atoms with Gasteiger partial charge in [0.05, 0.1) is 10.7 Å². The Balaban J connectivity index is 1.74.